The zero-order chi connectivity index (χ0) is 13.5. The number of nitrogen functional groups attached to an aromatic ring is 1. The molecule has 18 heavy (non-hydrogen) atoms. The van der Waals surface area contributed by atoms with Crippen molar-refractivity contribution in [1.82, 2.24) is 10.6 Å². The molecule has 0 unspecified atom stereocenters. The van der Waals surface area contributed by atoms with E-state index in [1.54, 1.807) is 19.2 Å². The fraction of sp³-hybridized carbons (Fsp3) is 0.462. The molecule has 1 amide bonds. The highest BCUT2D eigenvalue weighted by Crippen LogP contribution is 2.23. The van der Waals surface area contributed by atoms with Crippen LogP contribution in [-0.4, -0.2) is 40.1 Å². The molecule has 5 nitrogen and oxygen atoms in total. The number of amides is 1. The summed E-state index contributed by atoms with van der Waals surface area (Å²) >= 11 is 0. The summed E-state index contributed by atoms with van der Waals surface area (Å²) in [7, 11) is 5.53. The Balaban J connectivity index is 2.82. The fourth-order valence-corrected chi connectivity index (χ4v) is 1.77. The molecule has 1 rings (SSSR count). The highest BCUT2D eigenvalue weighted by Gasteiger charge is 2.09. The van der Waals surface area contributed by atoms with Crippen LogP contribution in [-0.2, 0) is 0 Å². The van der Waals surface area contributed by atoms with E-state index in [2.05, 4.69) is 15.5 Å². The molecular weight excluding hydrogens is 228 g/mol. The van der Waals surface area contributed by atoms with E-state index in [1.807, 2.05) is 20.2 Å². The van der Waals surface area contributed by atoms with Crippen molar-refractivity contribution in [2.24, 2.45) is 0 Å². The van der Waals surface area contributed by atoms with E-state index in [0.29, 0.717) is 11.3 Å². The molecule has 100 valence electrons. The number of rotatable bonds is 6. The van der Waals surface area contributed by atoms with E-state index in [4.69, 9.17) is 5.73 Å². The SMILES string of the molecule is CNCCCN(C)c1cc(C(=O)NC)ccc1N. The minimum Gasteiger partial charge on any atom is -0.397 e. The molecule has 0 aliphatic carbocycles. The Morgan fingerprint density at radius 3 is 2.72 bits per heavy atom. The van der Waals surface area contributed by atoms with Gasteiger partial charge in [0.25, 0.3) is 5.91 Å². The first kappa shape index (κ1) is 14.3. The largest absolute Gasteiger partial charge is 0.397 e. The molecule has 0 aromatic heterocycles. The lowest BCUT2D eigenvalue weighted by Gasteiger charge is -2.21. The second-order valence-corrected chi connectivity index (χ2v) is 4.23. The maximum Gasteiger partial charge on any atom is 0.251 e. The third-order valence-electron chi connectivity index (χ3n) is 2.85. The first-order chi connectivity index (χ1) is 8.60. The van der Waals surface area contributed by atoms with Crippen LogP contribution in [0.25, 0.3) is 0 Å². The Morgan fingerprint density at radius 2 is 2.11 bits per heavy atom. The van der Waals surface area contributed by atoms with Crippen LogP contribution in [0.15, 0.2) is 18.2 Å². The number of hydrogen-bond acceptors (Lipinski definition) is 4. The Bertz CT molecular complexity index is 406. The summed E-state index contributed by atoms with van der Waals surface area (Å²) < 4.78 is 0. The van der Waals surface area contributed by atoms with Crippen molar-refractivity contribution in [2.75, 3.05) is 44.9 Å². The fourth-order valence-electron chi connectivity index (χ4n) is 1.77. The first-order valence-electron chi connectivity index (χ1n) is 6.07. The van der Waals surface area contributed by atoms with E-state index in [-0.39, 0.29) is 5.91 Å². The molecule has 0 aliphatic rings. The summed E-state index contributed by atoms with van der Waals surface area (Å²) in [5.74, 6) is -0.0973. The molecule has 0 atom stereocenters. The summed E-state index contributed by atoms with van der Waals surface area (Å²) in [6.07, 6.45) is 1.02. The van der Waals surface area contributed by atoms with Gasteiger partial charge in [-0.05, 0) is 38.2 Å². The number of carbonyl (C=O) groups excluding carboxylic acids is 1. The molecule has 1 aromatic rings. The summed E-state index contributed by atoms with van der Waals surface area (Å²) in [6, 6.07) is 5.33. The van der Waals surface area contributed by atoms with Gasteiger partial charge in [0.05, 0.1) is 11.4 Å². The predicted octanol–water partition coefficient (Wildman–Crippen LogP) is 0.674. The first-order valence-corrected chi connectivity index (χ1v) is 6.07. The molecule has 0 saturated heterocycles. The zero-order valence-electron chi connectivity index (χ0n) is 11.3. The Kier molecular flexibility index (Phi) is 5.45. The average molecular weight is 250 g/mol. The molecule has 0 fully saturated rings. The number of anilines is 2. The average Bonchev–Trinajstić information content (AvgIpc) is 2.38. The third-order valence-corrected chi connectivity index (χ3v) is 2.85. The second kappa shape index (κ2) is 6.86. The van der Waals surface area contributed by atoms with Crippen LogP contribution in [0.4, 0.5) is 11.4 Å². The van der Waals surface area contributed by atoms with Crippen LogP contribution in [0.3, 0.4) is 0 Å². The van der Waals surface area contributed by atoms with Gasteiger partial charge < -0.3 is 21.3 Å². The van der Waals surface area contributed by atoms with Crippen molar-refractivity contribution < 1.29 is 4.79 Å². The summed E-state index contributed by atoms with van der Waals surface area (Å²) in [6.45, 7) is 1.85. The maximum atomic E-state index is 11.6. The molecule has 4 N–H and O–H groups in total. The summed E-state index contributed by atoms with van der Waals surface area (Å²) in [5, 5.41) is 5.72. The van der Waals surface area contributed by atoms with Gasteiger partial charge >= 0.3 is 0 Å². The minimum atomic E-state index is -0.0973. The lowest BCUT2D eigenvalue weighted by Crippen LogP contribution is -2.24. The van der Waals surface area contributed by atoms with Gasteiger partial charge in [-0.1, -0.05) is 0 Å². The topological polar surface area (TPSA) is 70.4 Å². The highest BCUT2D eigenvalue weighted by molar-refractivity contribution is 5.96. The van der Waals surface area contributed by atoms with Gasteiger partial charge in [-0.25, -0.2) is 0 Å². The van der Waals surface area contributed by atoms with Crippen LogP contribution in [0.2, 0.25) is 0 Å². The number of carbonyl (C=O) groups is 1. The summed E-state index contributed by atoms with van der Waals surface area (Å²) in [5.41, 5.74) is 8.16. The van der Waals surface area contributed by atoms with Gasteiger partial charge in [0, 0.05) is 26.2 Å². The molecule has 1 aromatic carbocycles. The van der Waals surface area contributed by atoms with E-state index >= 15 is 0 Å². The molecule has 0 radical (unpaired) electrons. The molecular formula is C13H22N4O. The van der Waals surface area contributed by atoms with Crippen LogP contribution in [0.1, 0.15) is 16.8 Å². The van der Waals surface area contributed by atoms with E-state index in [0.717, 1.165) is 25.2 Å². The van der Waals surface area contributed by atoms with Crippen molar-refractivity contribution in [3.63, 3.8) is 0 Å². The van der Waals surface area contributed by atoms with Crippen molar-refractivity contribution in [3.05, 3.63) is 23.8 Å². The molecule has 0 heterocycles. The normalized spacial score (nSPS) is 10.2. The van der Waals surface area contributed by atoms with Crippen molar-refractivity contribution in [1.29, 1.82) is 0 Å². The molecule has 0 saturated carbocycles. The molecule has 0 bridgehead atoms. The van der Waals surface area contributed by atoms with Crippen LogP contribution >= 0.6 is 0 Å². The number of nitrogens with two attached hydrogens (primary N) is 1. The number of hydrogen-bond donors (Lipinski definition) is 3. The van der Waals surface area contributed by atoms with Gasteiger partial charge in [-0.3, -0.25) is 4.79 Å². The number of benzene rings is 1. The lowest BCUT2D eigenvalue weighted by atomic mass is 10.1. The van der Waals surface area contributed by atoms with Crippen molar-refractivity contribution in [2.45, 2.75) is 6.42 Å². The van der Waals surface area contributed by atoms with Gasteiger partial charge in [-0.15, -0.1) is 0 Å². The quantitative estimate of drug-likeness (QED) is 0.513. The van der Waals surface area contributed by atoms with Crippen molar-refractivity contribution >= 4 is 17.3 Å². The second-order valence-electron chi connectivity index (χ2n) is 4.23. The van der Waals surface area contributed by atoms with E-state index < -0.39 is 0 Å². The van der Waals surface area contributed by atoms with Gasteiger partial charge in [0.1, 0.15) is 0 Å². The monoisotopic (exact) mass is 250 g/mol. The maximum absolute atomic E-state index is 11.6. The Hall–Kier alpha value is -1.75. The van der Waals surface area contributed by atoms with Crippen molar-refractivity contribution in [3.8, 4) is 0 Å². The smallest absolute Gasteiger partial charge is 0.251 e. The van der Waals surface area contributed by atoms with Crippen LogP contribution in [0.5, 0.6) is 0 Å². The molecule has 0 spiro atoms. The van der Waals surface area contributed by atoms with Gasteiger partial charge in [0.15, 0.2) is 0 Å². The number of nitrogens with zero attached hydrogens (tertiary/aromatic N) is 1. The molecule has 5 heteroatoms. The van der Waals surface area contributed by atoms with E-state index in [9.17, 15) is 4.79 Å². The standard InChI is InChI=1S/C13H22N4O/c1-15-7-4-8-17(3)12-9-10(13(18)16-2)5-6-11(12)14/h5-6,9,15H,4,7-8,14H2,1-3H3,(H,16,18). The predicted molar refractivity (Wildman–Crippen MR) is 76.1 cm³/mol. The third kappa shape index (κ3) is 3.63. The van der Waals surface area contributed by atoms with Gasteiger partial charge in [-0.2, -0.15) is 0 Å². The summed E-state index contributed by atoms with van der Waals surface area (Å²) in [4.78, 5) is 13.6. The minimum absolute atomic E-state index is 0.0973. The molecule has 0 aliphatic heterocycles. The lowest BCUT2D eigenvalue weighted by molar-refractivity contribution is 0.0963. The Labute approximate surface area is 108 Å². The van der Waals surface area contributed by atoms with Gasteiger partial charge in [0.2, 0.25) is 0 Å². The zero-order valence-corrected chi connectivity index (χ0v) is 11.3. The van der Waals surface area contributed by atoms with Crippen LogP contribution < -0.4 is 21.3 Å². The van der Waals surface area contributed by atoms with Crippen LogP contribution in [0, 0.1) is 0 Å². The van der Waals surface area contributed by atoms with E-state index in [1.165, 1.54) is 0 Å². The highest BCUT2D eigenvalue weighted by atomic mass is 16.1. The Morgan fingerprint density at radius 1 is 1.39 bits per heavy atom. The number of nitrogens with one attached hydrogen (secondary N) is 2.